The van der Waals surface area contributed by atoms with Crippen molar-refractivity contribution in [2.24, 2.45) is 5.92 Å². The van der Waals surface area contributed by atoms with Crippen LogP contribution in [0.2, 0.25) is 0 Å². The molecule has 1 aromatic carbocycles. The van der Waals surface area contributed by atoms with Crippen LogP contribution in [0.15, 0.2) is 40.9 Å². The first-order chi connectivity index (χ1) is 12.3. The summed E-state index contributed by atoms with van der Waals surface area (Å²) in [6.07, 6.45) is 0.887. The van der Waals surface area contributed by atoms with E-state index in [1.807, 2.05) is 0 Å². The molecule has 3 aromatic rings. The standard InChI is InChI=1S/C17H11F2N3O4/c18-17(19)7-10(17)14(23)21-9-1-2-13-11(6-9)22-15(26-13)8-3-4-20-12(5-8)16(24)25/h1-6,10H,7H2,(H,21,23)(H,24,25)/t10-/m1/s1. The van der Waals surface area contributed by atoms with Crippen LogP contribution in [-0.4, -0.2) is 32.9 Å². The van der Waals surface area contributed by atoms with Crippen molar-refractivity contribution >= 4 is 28.7 Å². The van der Waals surface area contributed by atoms with Crippen LogP contribution in [0, 0.1) is 5.92 Å². The second-order valence-corrected chi connectivity index (χ2v) is 5.94. The summed E-state index contributed by atoms with van der Waals surface area (Å²) < 4.78 is 31.5. The molecule has 0 radical (unpaired) electrons. The number of anilines is 1. The molecule has 9 heteroatoms. The van der Waals surface area contributed by atoms with Gasteiger partial charge in [-0.15, -0.1) is 0 Å². The van der Waals surface area contributed by atoms with Crippen LogP contribution in [-0.2, 0) is 4.79 Å². The minimum atomic E-state index is -2.93. The van der Waals surface area contributed by atoms with E-state index in [9.17, 15) is 18.4 Å². The number of nitrogens with one attached hydrogen (secondary N) is 1. The molecule has 2 aromatic heterocycles. The van der Waals surface area contributed by atoms with Crippen LogP contribution in [0.1, 0.15) is 16.9 Å². The lowest BCUT2D eigenvalue weighted by Crippen LogP contribution is -2.17. The third kappa shape index (κ3) is 2.87. The first kappa shape index (κ1) is 16.1. The lowest BCUT2D eigenvalue weighted by molar-refractivity contribution is -0.119. The number of carboxylic acids is 1. The SMILES string of the molecule is O=C(O)c1cc(-c2nc3cc(NC(=O)[C@H]4CC4(F)F)ccc3o2)ccn1. The van der Waals surface area contributed by atoms with Gasteiger partial charge in [-0.3, -0.25) is 4.79 Å². The predicted molar refractivity (Wildman–Crippen MR) is 85.9 cm³/mol. The molecule has 7 nitrogen and oxygen atoms in total. The molecule has 1 saturated carbocycles. The molecule has 1 amide bonds. The quantitative estimate of drug-likeness (QED) is 0.741. The first-order valence-corrected chi connectivity index (χ1v) is 7.62. The van der Waals surface area contributed by atoms with E-state index < -0.39 is 30.1 Å². The van der Waals surface area contributed by atoms with Gasteiger partial charge >= 0.3 is 5.97 Å². The minimum absolute atomic E-state index is 0.150. The maximum atomic E-state index is 12.9. The topological polar surface area (TPSA) is 105 Å². The molecule has 1 fully saturated rings. The fraction of sp³-hybridized carbons (Fsp3) is 0.176. The summed E-state index contributed by atoms with van der Waals surface area (Å²) in [6, 6.07) is 7.44. The van der Waals surface area contributed by atoms with Gasteiger partial charge in [0.25, 0.3) is 5.92 Å². The molecule has 0 unspecified atom stereocenters. The van der Waals surface area contributed by atoms with Gasteiger partial charge in [0.2, 0.25) is 11.8 Å². The maximum absolute atomic E-state index is 12.9. The molecule has 4 rings (SSSR count). The molecule has 0 bridgehead atoms. The van der Waals surface area contributed by atoms with Crippen molar-refractivity contribution in [3.63, 3.8) is 0 Å². The Bertz CT molecular complexity index is 1050. The third-order valence-electron chi connectivity index (χ3n) is 4.02. The van der Waals surface area contributed by atoms with Crippen molar-refractivity contribution in [2.75, 3.05) is 5.32 Å². The Balaban J connectivity index is 1.61. The monoisotopic (exact) mass is 359 g/mol. The Morgan fingerprint density at radius 2 is 2.04 bits per heavy atom. The van der Waals surface area contributed by atoms with Crippen LogP contribution in [0.4, 0.5) is 14.5 Å². The summed E-state index contributed by atoms with van der Waals surface area (Å²) in [5.74, 6) is -5.96. The number of carbonyl (C=O) groups excluding carboxylic acids is 1. The molecular formula is C17H11F2N3O4. The Kier molecular flexibility index (Phi) is 3.46. The van der Waals surface area contributed by atoms with E-state index >= 15 is 0 Å². The molecule has 2 heterocycles. The predicted octanol–water partition coefficient (Wildman–Crippen LogP) is 3.18. The van der Waals surface area contributed by atoms with E-state index in [2.05, 4.69) is 15.3 Å². The number of carbonyl (C=O) groups is 2. The van der Waals surface area contributed by atoms with E-state index in [-0.39, 0.29) is 11.6 Å². The number of hydrogen-bond acceptors (Lipinski definition) is 5. The molecule has 132 valence electrons. The number of alkyl halides is 2. The highest BCUT2D eigenvalue weighted by molar-refractivity contribution is 5.96. The van der Waals surface area contributed by atoms with Crippen molar-refractivity contribution < 1.29 is 27.9 Å². The summed E-state index contributed by atoms with van der Waals surface area (Å²) in [5.41, 5.74) is 1.41. The van der Waals surface area contributed by atoms with Crippen molar-refractivity contribution in [3.05, 3.63) is 42.2 Å². The average molecular weight is 359 g/mol. The van der Waals surface area contributed by atoms with E-state index in [1.54, 1.807) is 12.1 Å². The number of aromatic nitrogens is 2. The Morgan fingerprint density at radius 3 is 2.73 bits per heavy atom. The fourth-order valence-corrected chi connectivity index (χ4v) is 2.54. The number of halogens is 2. The van der Waals surface area contributed by atoms with Gasteiger partial charge in [0.1, 0.15) is 17.1 Å². The van der Waals surface area contributed by atoms with Crippen molar-refractivity contribution in [1.29, 1.82) is 0 Å². The van der Waals surface area contributed by atoms with Crippen molar-refractivity contribution in [3.8, 4) is 11.5 Å². The summed E-state index contributed by atoms with van der Waals surface area (Å²) in [4.78, 5) is 30.7. The van der Waals surface area contributed by atoms with Crippen LogP contribution in [0.5, 0.6) is 0 Å². The number of benzene rings is 1. The zero-order valence-electron chi connectivity index (χ0n) is 13.1. The Morgan fingerprint density at radius 1 is 1.27 bits per heavy atom. The lowest BCUT2D eigenvalue weighted by atomic mass is 10.2. The number of hydrogen-bond donors (Lipinski definition) is 2. The zero-order chi connectivity index (χ0) is 18.5. The van der Waals surface area contributed by atoms with Gasteiger partial charge in [0.05, 0.1) is 0 Å². The van der Waals surface area contributed by atoms with Gasteiger partial charge in [-0.2, -0.15) is 0 Å². The summed E-state index contributed by atoms with van der Waals surface area (Å²) in [6.45, 7) is 0. The largest absolute Gasteiger partial charge is 0.477 e. The molecule has 2 N–H and O–H groups in total. The highest BCUT2D eigenvalue weighted by atomic mass is 19.3. The van der Waals surface area contributed by atoms with Gasteiger partial charge in [0.15, 0.2) is 5.58 Å². The van der Waals surface area contributed by atoms with Crippen molar-refractivity contribution in [1.82, 2.24) is 9.97 Å². The van der Waals surface area contributed by atoms with Gasteiger partial charge in [-0.25, -0.2) is 23.5 Å². The van der Waals surface area contributed by atoms with Gasteiger partial charge in [-0.05, 0) is 30.3 Å². The van der Waals surface area contributed by atoms with E-state index in [4.69, 9.17) is 9.52 Å². The zero-order valence-corrected chi connectivity index (χ0v) is 13.1. The summed E-state index contributed by atoms with van der Waals surface area (Å²) in [7, 11) is 0. The molecule has 26 heavy (non-hydrogen) atoms. The normalized spacial score (nSPS) is 17.8. The first-order valence-electron chi connectivity index (χ1n) is 7.62. The van der Waals surface area contributed by atoms with E-state index in [1.165, 1.54) is 24.4 Å². The number of aromatic carboxylic acids is 1. The van der Waals surface area contributed by atoms with Crippen LogP contribution < -0.4 is 5.32 Å². The third-order valence-corrected chi connectivity index (χ3v) is 4.02. The molecule has 1 atom stereocenters. The highest BCUT2D eigenvalue weighted by Gasteiger charge is 2.61. The molecule has 0 saturated heterocycles. The number of pyridine rings is 1. The second-order valence-electron chi connectivity index (χ2n) is 5.94. The molecule has 1 aliphatic rings. The molecule has 0 spiro atoms. The minimum Gasteiger partial charge on any atom is -0.477 e. The van der Waals surface area contributed by atoms with Crippen LogP contribution >= 0.6 is 0 Å². The van der Waals surface area contributed by atoms with Crippen LogP contribution in [0.25, 0.3) is 22.6 Å². The Labute approximate surface area is 144 Å². The van der Waals surface area contributed by atoms with E-state index in [0.29, 0.717) is 22.4 Å². The lowest BCUT2D eigenvalue weighted by Gasteiger charge is -2.03. The number of fused-ring (bicyclic) bond motifs is 1. The second kappa shape index (κ2) is 5.58. The number of amides is 1. The smallest absolute Gasteiger partial charge is 0.354 e. The molecule has 1 aliphatic carbocycles. The fourth-order valence-electron chi connectivity index (χ4n) is 2.54. The van der Waals surface area contributed by atoms with E-state index in [0.717, 1.165) is 0 Å². The van der Waals surface area contributed by atoms with Gasteiger partial charge in [0, 0.05) is 23.9 Å². The molecule has 0 aliphatic heterocycles. The number of carboxylic acid groups (broad SMARTS) is 1. The number of oxazole rings is 1. The van der Waals surface area contributed by atoms with Gasteiger partial charge < -0.3 is 14.8 Å². The maximum Gasteiger partial charge on any atom is 0.354 e. The van der Waals surface area contributed by atoms with Crippen LogP contribution in [0.3, 0.4) is 0 Å². The van der Waals surface area contributed by atoms with Crippen molar-refractivity contribution in [2.45, 2.75) is 12.3 Å². The Hall–Kier alpha value is -3.36. The summed E-state index contributed by atoms with van der Waals surface area (Å²) in [5, 5.41) is 11.4. The average Bonchev–Trinajstić information content (AvgIpc) is 3.05. The molecular weight excluding hydrogens is 348 g/mol. The number of rotatable bonds is 4. The highest BCUT2D eigenvalue weighted by Crippen LogP contribution is 2.49. The van der Waals surface area contributed by atoms with Gasteiger partial charge in [-0.1, -0.05) is 0 Å². The summed E-state index contributed by atoms with van der Waals surface area (Å²) >= 11 is 0. The number of nitrogens with zero attached hydrogens (tertiary/aromatic N) is 2.